The number of amides is 1. The molecule has 0 saturated carbocycles. The Kier molecular flexibility index (Phi) is 6.63. The second kappa shape index (κ2) is 8.93. The molecule has 6 heteroatoms. The zero-order chi connectivity index (χ0) is 17.4. The van der Waals surface area contributed by atoms with Gasteiger partial charge in [0.15, 0.2) is 0 Å². The van der Waals surface area contributed by atoms with Crippen LogP contribution in [0.15, 0.2) is 53.7 Å². The highest BCUT2D eigenvalue weighted by atomic mass is 35.5. The number of oxime groups is 1. The van der Waals surface area contributed by atoms with Crippen LogP contribution in [0.1, 0.15) is 19.4 Å². The molecule has 0 fully saturated rings. The van der Waals surface area contributed by atoms with E-state index in [1.54, 1.807) is 37.4 Å². The van der Waals surface area contributed by atoms with Gasteiger partial charge in [-0.3, -0.25) is 4.79 Å². The standard InChI is InChI=1S/C18H19ClN2O3/c1-3-23-17-10-4-14(5-11-17)12-20-24-13(2)18(22)21-16-8-6-15(19)7-9-16/h4-13H,3H2,1-2H3,(H,21,22)/b20-12-/t13-/m1/s1. The molecule has 0 spiro atoms. The van der Waals surface area contributed by atoms with Crippen LogP contribution in [-0.2, 0) is 9.63 Å². The summed E-state index contributed by atoms with van der Waals surface area (Å²) in [7, 11) is 0. The van der Waals surface area contributed by atoms with Gasteiger partial charge in [0.25, 0.3) is 5.91 Å². The SMILES string of the molecule is CCOc1ccc(/C=N\O[C@H](C)C(=O)Nc2ccc(Cl)cc2)cc1. The Bertz CT molecular complexity index is 684. The van der Waals surface area contributed by atoms with Crippen molar-refractivity contribution in [2.75, 3.05) is 11.9 Å². The molecule has 1 N–H and O–H groups in total. The lowest BCUT2D eigenvalue weighted by Gasteiger charge is -2.10. The molecule has 0 aliphatic heterocycles. The average Bonchev–Trinajstić information content (AvgIpc) is 2.58. The molecule has 1 amide bonds. The van der Waals surface area contributed by atoms with E-state index in [-0.39, 0.29) is 5.91 Å². The first kappa shape index (κ1) is 17.8. The molecule has 24 heavy (non-hydrogen) atoms. The summed E-state index contributed by atoms with van der Waals surface area (Å²) in [6.07, 6.45) is 0.821. The van der Waals surface area contributed by atoms with Crippen molar-refractivity contribution in [1.82, 2.24) is 0 Å². The first-order valence-corrected chi connectivity index (χ1v) is 7.94. The van der Waals surface area contributed by atoms with Crippen LogP contribution < -0.4 is 10.1 Å². The van der Waals surface area contributed by atoms with E-state index < -0.39 is 6.10 Å². The van der Waals surface area contributed by atoms with Gasteiger partial charge in [-0.05, 0) is 67.9 Å². The fraction of sp³-hybridized carbons (Fsp3) is 0.222. The minimum Gasteiger partial charge on any atom is -0.494 e. The van der Waals surface area contributed by atoms with Crippen LogP contribution in [0.5, 0.6) is 5.75 Å². The Morgan fingerprint density at radius 1 is 1.21 bits per heavy atom. The average molecular weight is 347 g/mol. The Labute approximate surface area is 146 Å². The number of carbonyl (C=O) groups is 1. The number of benzene rings is 2. The Hall–Kier alpha value is -2.53. The number of carbonyl (C=O) groups excluding carboxylic acids is 1. The van der Waals surface area contributed by atoms with Gasteiger partial charge in [-0.15, -0.1) is 0 Å². The van der Waals surface area contributed by atoms with Gasteiger partial charge in [0.1, 0.15) is 5.75 Å². The molecule has 0 bridgehead atoms. The Morgan fingerprint density at radius 2 is 1.88 bits per heavy atom. The summed E-state index contributed by atoms with van der Waals surface area (Å²) in [6.45, 7) is 4.18. The van der Waals surface area contributed by atoms with Gasteiger partial charge in [0.05, 0.1) is 12.8 Å². The van der Waals surface area contributed by atoms with Crippen LogP contribution in [0.25, 0.3) is 0 Å². The van der Waals surface area contributed by atoms with Crippen molar-refractivity contribution in [2.45, 2.75) is 20.0 Å². The van der Waals surface area contributed by atoms with Gasteiger partial charge in [0, 0.05) is 10.7 Å². The molecule has 5 nitrogen and oxygen atoms in total. The first-order chi connectivity index (χ1) is 11.6. The maximum Gasteiger partial charge on any atom is 0.267 e. The summed E-state index contributed by atoms with van der Waals surface area (Å²) in [5, 5.41) is 7.18. The highest BCUT2D eigenvalue weighted by Crippen LogP contribution is 2.14. The molecular weight excluding hydrogens is 328 g/mol. The van der Waals surface area contributed by atoms with Crippen molar-refractivity contribution >= 4 is 29.4 Å². The van der Waals surface area contributed by atoms with Crippen molar-refractivity contribution < 1.29 is 14.4 Å². The maximum absolute atomic E-state index is 12.0. The lowest BCUT2D eigenvalue weighted by atomic mass is 10.2. The second-order valence-electron chi connectivity index (χ2n) is 4.98. The molecule has 0 aliphatic carbocycles. The van der Waals surface area contributed by atoms with Crippen molar-refractivity contribution in [3.63, 3.8) is 0 Å². The van der Waals surface area contributed by atoms with Gasteiger partial charge in [0.2, 0.25) is 6.10 Å². The van der Waals surface area contributed by atoms with Gasteiger partial charge in [-0.2, -0.15) is 0 Å². The summed E-state index contributed by atoms with van der Waals surface area (Å²) in [5.41, 5.74) is 1.50. The number of hydrogen-bond acceptors (Lipinski definition) is 4. The number of nitrogens with zero attached hydrogens (tertiary/aromatic N) is 1. The summed E-state index contributed by atoms with van der Waals surface area (Å²) in [4.78, 5) is 17.2. The van der Waals surface area contributed by atoms with E-state index in [0.29, 0.717) is 17.3 Å². The number of halogens is 1. The zero-order valence-electron chi connectivity index (χ0n) is 13.5. The van der Waals surface area contributed by atoms with E-state index in [0.717, 1.165) is 11.3 Å². The van der Waals surface area contributed by atoms with Crippen LogP contribution in [0.2, 0.25) is 5.02 Å². The van der Waals surface area contributed by atoms with Crippen LogP contribution in [0, 0.1) is 0 Å². The Morgan fingerprint density at radius 3 is 2.50 bits per heavy atom. The van der Waals surface area contributed by atoms with Crippen LogP contribution in [0.3, 0.4) is 0 Å². The van der Waals surface area contributed by atoms with Gasteiger partial charge in [-0.25, -0.2) is 0 Å². The van der Waals surface area contributed by atoms with Gasteiger partial charge < -0.3 is 14.9 Å². The molecule has 0 saturated heterocycles. The monoisotopic (exact) mass is 346 g/mol. The highest BCUT2D eigenvalue weighted by molar-refractivity contribution is 6.30. The fourth-order valence-corrected chi connectivity index (χ4v) is 1.95. The number of anilines is 1. The minimum absolute atomic E-state index is 0.291. The van der Waals surface area contributed by atoms with Crippen LogP contribution in [-0.4, -0.2) is 24.8 Å². The predicted octanol–water partition coefficient (Wildman–Crippen LogP) is 4.12. The molecule has 1 atom stereocenters. The highest BCUT2D eigenvalue weighted by Gasteiger charge is 2.14. The van der Waals surface area contributed by atoms with E-state index >= 15 is 0 Å². The zero-order valence-corrected chi connectivity index (χ0v) is 14.3. The van der Waals surface area contributed by atoms with Crippen molar-refractivity contribution in [3.8, 4) is 5.75 Å². The molecule has 2 aromatic rings. The van der Waals surface area contributed by atoms with Crippen molar-refractivity contribution in [1.29, 1.82) is 0 Å². The second-order valence-corrected chi connectivity index (χ2v) is 5.42. The van der Waals surface area contributed by atoms with E-state index in [9.17, 15) is 4.79 Å². The predicted molar refractivity (Wildman–Crippen MR) is 95.8 cm³/mol. The third-order valence-electron chi connectivity index (χ3n) is 3.09. The largest absolute Gasteiger partial charge is 0.494 e. The minimum atomic E-state index is -0.723. The van der Waals surface area contributed by atoms with E-state index in [1.807, 2.05) is 31.2 Å². The van der Waals surface area contributed by atoms with Gasteiger partial charge in [-0.1, -0.05) is 16.8 Å². The third kappa shape index (κ3) is 5.59. The van der Waals surface area contributed by atoms with E-state index in [2.05, 4.69) is 10.5 Å². The third-order valence-corrected chi connectivity index (χ3v) is 3.34. The molecule has 126 valence electrons. The Balaban J connectivity index is 1.83. The number of hydrogen-bond donors (Lipinski definition) is 1. The maximum atomic E-state index is 12.0. The smallest absolute Gasteiger partial charge is 0.267 e. The molecule has 0 aromatic heterocycles. The first-order valence-electron chi connectivity index (χ1n) is 7.57. The summed E-state index contributed by atoms with van der Waals surface area (Å²) in [6, 6.07) is 14.3. The quantitative estimate of drug-likeness (QED) is 0.606. The molecular formula is C18H19ClN2O3. The van der Waals surface area contributed by atoms with Crippen molar-refractivity contribution in [3.05, 3.63) is 59.1 Å². The van der Waals surface area contributed by atoms with Crippen molar-refractivity contribution in [2.24, 2.45) is 5.16 Å². The summed E-state index contributed by atoms with van der Waals surface area (Å²) < 4.78 is 5.36. The molecule has 2 rings (SSSR count). The van der Waals surface area contributed by atoms with Crippen LogP contribution in [0.4, 0.5) is 5.69 Å². The van der Waals surface area contributed by atoms with E-state index in [4.69, 9.17) is 21.2 Å². The van der Waals surface area contributed by atoms with E-state index in [1.165, 1.54) is 0 Å². The van der Waals surface area contributed by atoms with Gasteiger partial charge >= 0.3 is 0 Å². The molecule has 0 heterocycles. The topological polar surface area (TPSA) is 59.9 Å². The molecule has 0 aliphatic rings. The molecule has 0 radical (unpaired) electrons. The molecule has 2 aromatic carbocycles. The summed E-state index contributed by atoms with van der Waals surface area (Å²) >= 11 is 5.80. The van der Waals surface area contributed by atoms with Crippen LogP contribution >= 0.6 is 11.6 Å². The number of rotatable bonds is 7. The summed E-state index contributed by atoms with van der Waals surface area (Å²) in [5.74, 6) is 0.507. The lowest BCUT2D eigenvalue weighted by molar-refractivity contribution is -0.126. The number of ether oxygens (including phenoxy) is 1. The fourth-order valence-electron chi connectivity index (χ4n) is 1.82. The lowest BCUT2D eigenvalue weighted by Crippen LogP contribution is -2.26. The number of nitrogens with one attached hydrogen (secondary N) is 1. The normalized spacial score (nSPS) is 12.0. The molecule has 0 unspecified atom stereocenters.